The number of nitriles is 1. The van der Waals surface area contributed by atoms with Crippen LogP contribution in [0.5, 0.6) is 0 Å². The van der Waals surface area contributed by atoms with Crippen molar-refractivity contribution in [3.63, 3.8) is 0 Å². The number of aromatic nitrogens is 4. The van der Waals surface area contributed by atoms with Gasteiger partial charge in [-0.25, -0.2) is 5.10 Å². The second kappa shape index (κ2) is 12.9. The van der Waals surface area contributed by atoms with E-state index in [0.717, 1.165) is 35.1 Å². The number of aromatic amines is 1. The number of likely N-dealkylation sites (tertiary alicyclic amines) is 1. The summed E-state index contributed by atoms with van der Waals surface area (Å²) in [5, 5.41) is 34.5. The molecule has 0 radical (unpaired) electrons. The van der Waals surface area contributed by atoms with Crippen LogP contribution in [0.15, 0.2) is 36.4 Å². The van der Waals surface area contributed by atoms with Crippen molar-refractivity contribution in [1.29, 1.82) is 5.26 Å². The number of hydrogen-bond acceptors (Lipinski definition) is 8. The van der Waals surface area contributed by atoms with E-state index in [2.05, 4.69) is 42.6 Å². The Morgan fingerprint density at radius 3 is 2.06 bits per heavy atom. The standard InChI is InChI=1S/C35H43N9O3/c1-19(2)38-32(46)24-8-10-28-22(12-24)6-7-23-13-25(33(47)39-20(3)4)9-11-29(23)35(28,34-40-42-43-41-34)16-21(5)37-18-31(45)44-27(17-36)14-26-15-30(26)44/h8-13,19-21,26-27,30,37H,6-7,14-16,18H2,1-5H3,(H,38,46)(H,39,47)(H,40,41,42,43)/t21-,26-,27?,30+/m1/s1. The Labute approximate surface area is 275 Å². The first kappa shape index (κ1) is 32.3. The first-order valence-electron chi connectivity index (χ1n) is 16.6. The third kappa shape index (κ3) is 6.24. The number of fused-ring (bicyclic) bond motifs is 3. The van der Waals surface area contributed by atoms with E-state index >= 15 is 0 Å². The summed E-state index contributed by atoms with van der Waals surface area (Å²) >= 11 is 0. The molecule has 12 heteroatoms. The SMILES string of the molecule is CC(C)NC(=O)c1ccc2c(c1)CCc1cc(C(=O)NC(C)C)ccc1C2(C[C@@H](C)NCC(=O)N1C(C#N)C[C@@H]2C[C@@H]21)c1nnn[nH]1. The number of rotatable bonds is 10. The number of aryl methyl sites for hydroxylation is 2. The molecule has 3 aromatic rings. The second-order valence-corrected chi connectivity index (χ2v) is 13.9. The Balaban J connectivity index is 1.40. The van der Waals surface area contributed by atoms with Crippen LogP contribution in [0, 0.1) is 17.2 Å². The summed E-state index contributed by atoms with van der Waals surface area (Å²) in [5.41, 5.74) is 4.12. The fourth-order valence-electron chi connectivity index (χ4n) is 7.55. The molecule has 1 saturated heterocycles. The molecule has 12 nitrogen and oxygen atoms in total. The van der Waals surface area contributed by atoms with Gasteiger partial charge in [0.2, 0.25) is 5.91 Å². The quantitative estimate of drug-likeness (QED) is 0.263. The van der Waals surface area contributed by atoms with Crippen LogP contribution in [0.4, 0.5) is 0 Å². The smallest absolute Gasteiger partial charge is 0.251 e. The average molecular weight is 638 g/mol. The monoisotopic (exact) mass is 637 g/mol. The predicted octanol–water partition coefficient (Wildman–Crippen LogP) is 2.79. The zero-order chi connectivity index (χ0) is 33.5. The minimum absolute atomic E-state index is 0.00948. The lowest BCUT2D eigenvalue weighted by Gasteiger charge is -2.37. The highest BCUT2D eigenvalue weighted by atomic mass is 16.2. The van der Waals surface area contributed by atoms with Crippen LogP contribution in [-0.4, -0.2) is 80.0 Å². The van der Waals surface area contributed by atoms with E-state index < -0.39 is 5.41 Å². The molecule has 246 valence electrons. The van der Waals surface area contributed by atoms with Crippen molar-refractivity contribution in [2.24, 2.45) is 5.92 Å². The molecule has 0 bridgehead atoms. The van der Waals surface area contributed by atoms with Crippen LogP contribution >= 0.6 is 0 Å². The number of H-pyrrole nitrogens is 1. The molecule has 1 saturated carbocycles. The molecule has 4 N–H and O–H groups in total. The Kier molecular flexibility index (Phi) is 8.85. The molecule has 4 atom stereocenters. The lowest BCUT2D eigenvalue weighted by atomic mass is 9.67. The van der Waals surface area contributed by atoms with E-state index in [1.807, 2.05) is 71.0 Å². The van der Waals surface area contributed by atoms with Crippen molar-refractivity contribution in [3.8, 4) is 6.07 Å². The number of hydrogen-bond donors (Lipinski definition) is 4. The molecule has 1 aromatic heterocycles. The molecule has 2 heterocycles. The predicted molar refractivity (Wildman–Crippen MR) is 174 cm³/mol. The number of carbonyl (C=O) groups is 3. The first-order valence-corrected chi connectivity index (χ1v) is 16.6. The molecular formula is C35H43N9O3. The van der Waals surface area contributed by atoms with Crippen LogP contribution < -0.4 is 16.0 Å². The number of carbonyl (C=O) groups excluding carboxylic acids is 3. The number of amides is 3. The normalized spacial score (nSPS) is 21.2. The third-order valence-corrected chi connectivity index (χ3v) is 9.66. The lowest BCUT2D eigenvalue weighted by Crippen LogP contribution is -2.46. The summed E-state index contributed by atoms with van der Waals surface area (Å²) in [6, 6.07) is 13.5. The number of piperidine rings is 1. The van der Waals surface area contributed by atoms with Crippen molar-refractivity contribution in [3.05, 3.63) is 75.6 Å². The molecule has 3 amide bonds. The molecule has 2 fully saturated rings. The molecule has 1 aliphatic heterocycles. The van der Waals surface area contributed by atoms with Gasteiger partial charge in [-0.2, -0.15) is 5.26 Å². The van der Waals surface area contributed by atoms with Crippen LogP contribution in [0.1, 0.15) is 103 Å². The van der Waals surface area contributed by atoms with Gasteiger partial charge in [0.05, 0.1) is 18.0 Å². The van der Waals surface area contributed by atoms with Crippen molar-refractivity contribution >= 4 is 17.7 Å². The summed E-state index contributed by atoms with van der Waals surface area (Å²) < 4.78 is 0. The van der Waals surface area contributed by atoms with Gasteiger partial charge in [-0.1, -0.05) is 12.1 Å². The van der Waals surface area contributed by atoms with Crippen molar-refractivity contribution in [1.82, 2.24) is 41.5 Å². The van der Waals surface area contributed by atoms with Gasteiger partial charge in [-0.3, -0.25) is 14.4 Å². The summed E-state index contributed by atoms with van der Waals surface area (Å²) in [5.74, 6) is 0.626. The summed E-state index contributed by atoms with van der Waals surface area (Å²) in [4.78, 5) is 41.3. The van der Waals surface area contributed by atoms with Gasteiger partial charge in [-0.05, 0) is 130 Å². The van der Waals surface area contributed by atoms with Gasteiger partial charge in [0.15, 0.2) is 5.82 Å². The number of nitrogens with one attached hydrogen (secondary N) is 4. The molecule has 6 rings (SSSR count). The van der Waals surface area contributed by atoms with Crippen LogP contribution in [-0.2, 0) is 23.1 Å². The van der Waals surface area contributed by atoms with Gasteiger partial charge in [-0.15, -0.1) is 5.10 Å². The van der Waals surface area contributed by atoms with Gasteiger partial charge < -0.3 is 20.9 Å². The van der Waals surface area contributed by atoms with Gasteiger partial charge in [0, 0.05) is 35.3 Å². The molecule has 1 unspecified atom stereocenters. The van der Waals surface area contributed by atoms with Gasteiger partial charge >= 0.3 is 0 Å². The highest BCUT2D eigenvalue weighted by Gasteiger charge is 2.54. The largest absolute Gasteiger partial charge is 0.350 e. The van der Waals surface area contributed by atoms with Crippen molar-refractivity contribution < 1.29 is 14.4 Å². The maximum absolute atomic E-state index is 13.4. The lowest BCUT2D eigenvalue weighted by molar-refractivity contribution is -0.131. The number of benzene rings is 2. The Morgan fingerprint density at radius 2 is 1.55 bits per heavy atom. The number of nitrogens with zero attached hydrogens (tertiary/aromatic N) is 5. The van der Waals surface area contributed by atoms with E-state index in [0.29, 0.717) is 42.1 Å². The number of tetrazole rings is 1. The molecule has 47 heavy (non-hydrogen) atoms. The van der Waals surface area contributed by atoms with Crippen molar-refractivity contribution in [2.75, 3.05) is 6.54 Å². The minimum atomic E-state index is -0.898. The highest BCUT2D eigenvalue weighted by molar-refractivity contribution is 5.95. The van der Waals surface area contributed by atoms with Crippen LogP contribution in [0.3, 0.4) is 0 Å². The molecule has 0 spiro atoms. The second-order valence-electron chi connectivity index (χ2n) is 13.9. The fourth-order valence-corrected chi connectivity index (χ4v) is 7.55. The Bertz CT molecular complexity index is 1640. The highest BCUT2D eigenvalue weighted by Crippen LogP contribution is 2.48. The minimum Gasteiger partial charge on any atom is -0.350 e. The van der Waals surface area contributed by atoms with E-state index in [-0.39, 0.29) is 54.5 Å². The molecule has 2 aliphatic carbocycles. The maximum atomic E-state index is 13.4. The molecular weight excluding hydrogens is 594 g/mol. The van der Waals surface area contributed by atoms with Crippen molar-refractivity contribution in [2.45, 2.75) is 102 Å². The maximum Gasteiger partial charge on any atom is 0.251 e. The molecule has 2 aromatic carbocycles. The summed E-state index contributed by atoms with van der Waals surface area (Å²) in [6.45, 7) is 9.86. The third-order valence-electron chi connectivity index (χ3n) is 9.66. The Morgan fingerprint density at radius 1 is 0.957 bits per heavy atom. The summed E-state index contributed by atoms with van der Waals surface area (Å²) in [7, 11) is 0. The van der Waals surface area contributed by atoms with E-state index in [1.165, 1.54) is 0 Å². The zero-order valence-corrected chi connectivity index (χ0v) is 27.6. The zero-order valence-electron chi connectivity index (χ0n) is 27.6. The Hall–Kier alpha value is -4.63. The van der Waals surface area contributed by atoms with E-state index in [9.17, 15) is 19.6 Å². The molecule has 3 aliphatic rings. The summed E-state index contributed by atoms with van der Waals surface area (Å²) in [6.07, 6.45) is 3.48. The van der Waals surface area contributed by atoms with Gasteiger partial charge in [0.25, 0.3) is 11.8 Å². The first-order chi connectivity index (χ1) is 22.5. The van der Waals surface area contributed by atoms with E-state index in [1.54, 1.807) is 4.90 Å². The topological polar surface area (TPSA) is 169 Å². The van der Waals surface area contributed by atoms with E-state index in [4.69, 9.17) is 0 Å². The average Bonchev–Trinajstić information content (AvgIpc) is 3.41. The fraction of sp³-hybridized carbons (Fsp3) is 0.514. The van der Waals surface area contributed by atoms with Gasteiger partial charge in [0.1, 0.15) is 6.04 Å². The van der Waals surface area contributed by atoms with Crippen LogP contribution in [0.2, 0.25) is 0 Å². The van der Waals surface area contributed by atoms with Crippen LogP contribution in [0.25, 0.3) is 0 Å².